The minimum atomic E-state index is -3.66. The zero-order valence-electron chi connectivity index (χ0n) is 12.6. The number of amides is 1. The molecule has 0 saturated heterocycles. The second kappa shape index (κ2) is 7.97. The minimum Gasteiger partial charge on any atom is -0.348 e. The lowest BCUT2D eigenvalue weighted by molar-refractivity contribution is 0.0951. The van der Waals surface area contributed by atoms with Crippen LogP contribution in [-0.2, 0) is 16.6 Å². The van der Waals surface area contributed by atoms with Crippen molar-refractivity contribution < 1.29 is 13.2 Å². The van der Waals surface area contributed by atoms with Crippen molar-refractivity contribution in [2.45, 2.75) is 11.4 Å². The van der Waals surface area contributed by atoms with Crippen LogP contribution in [0.25, 0.3) is 0 Å². The molecule has 0 bridgehead atoms. The monoisotopic (exact) mass is 362 g/mol. The molecule has 0 spiro atoms. The Balaban J connectivity index is 2.01. The van der Waals surface area contributed by atoms with Crippen LogP contribution in [-0.4, -0.2) is 20.9 Å². The molecule has 0 fully saturated rings. The molecule has 0 unspecified atom stereocenters. The summed E-state index contributed by atoms with van der Waals surface area (Å²) in [7, 11) is -3.66. The summed E-state index contributed by atoms with van der Waals surface area (Å²) in [5, 5.41) is 3.38. The summed E-state index contributed by atoms with van der Waals surface area (Å²) in [6.45, 7) is 0.255. The van der Waals surface area contributed by atoms with Gasteiger partial charge >= 0.3 is 0 Å². The zero-order valence-corrected chi connectivity index (χ0v) is 14.2. The first-order valence-electron chi connectivity index (χ1n) is 6.98. The fourth-order valence-corrected chi connectivity index (χ4v) is 2.95. The summed E-state index contributed by atoms with van der Waals surface area (Å²) in [6.07, 6.45) is 5.03. The molecule has 1 amide bonds. The highest BCUT2D eigenvalue weighted by Crippen LogP contribution is 2.12. The van der Waals surface area contributed by atoms with E-state index in [0.29, 0.717) is 17.1 Å². The number of hydrogen-bond donors (Lipinski definition) is 2. The molecule has 0 atom stereocenters. The third kappa shape index (κ3) is 4.83. The zero-order chi connectivity index (χ0) is 17.6. The van der Waals surface area contributed by atoms with E-state index in [4.69, 9.17) is 18.0 Å². The van der Waals surface area contributed by atoms with E-state index in [1.165, 1.54) is 24.3 Å². The lowest BCUT2D eigenvalue weighted by atomic mass is 10.2. The van der Waals surface area contributed by atoms with Gasteiger partial charge in [-0.15, -0.1) is 6.42 Å². The summed E-state index contributed by atoms with van der Waals surface area (Å²) in [5.41, 5.74) is 1.27. The van der Waals surface area contributed by atoms with E-state index in [2.05, 4.69) is 16.0 Å². The first-order chi connectivity index (χ1) is 11.4. The van der Waals surface area contributed by atoms with E-state index in [0.717, 1.165) is 5.56 Å². The Kier molecular flexibility index (Phi) is 5.99. The molecular formula is C17H15ClN2O3S. The summed E-state index contributed by atoms with van der Waals surface area (Å²) >= 11 is 5.80. The van der Waals surface area contributed by atoms with Gasteiger partial charge in [0.2, 0.25) is 10.0 Å². The third-order valence-electron chi connectivity index (χ3n) is 3.16. The normalized spacial score (nSPS) is 10.8. The molecular weight excluding hydrogens is 348 g/mol. The van der Waals surface area contributed by atoms with Gasteiger partial charge in [-0.1, -0.05) is 29.7 Å². The second-order valence-electron chi connectivity index (χ2n) is 4.86. The first-order valence-corrected chi connectivity index (χ1v) is 8.84. The fraction of sp³-hybridized carbons (Fsp3) is 0.118. The average molecular weight is 363 g/mol. The van der Waals surface area contributed by atoms with Crippen molar-refractivity contribution in [3.63, 3.8) is 0 Å². The maximum absolute atomic E-state index is 12.1. The van der Waals surface area contributed by atoms with Gasteiger partial charge in [-0.25, -0.2) is 8.42 Å². The van der Waals surface area contributed by atoms with Crippen molar-refractivity contribution in [1.82, 2.24) is 10.0 Å². The number of carbonyl (C=O) groups is 1. The van der Waals surface area contributed by atoms with Gasteiger partial charge in [-0.3, -0.25) is 4.79 Å². The molecule has 0 aromatic heterocycles. The van der Waals surface area contributed by atoms with E-state index < -0.39 is 10.0 Å². The molecule has 24 heavy (non-hydrogen) atoms. The van der Waals surface area contributed by atoms with Gasteiger partial charge in [0.1, 0.15) is 0 Å². The number of sulfonamides is 1. The largest absolute Gasteiger partial charge is 0.348 e. The lowest BCUT2D eigenvalue weighted by Gasteiger charge is -2.07. The Morgan fingerprint density at radius 3 is 2.29 bits per heavy atom. The van der Waals surface area contributed by atoms with Gasteiger partial charge in [0.05, 0.1) is 11.4 Å². The molecule has 0 aliphatic rings. The van der Waals surface area contributed by atoms with Crippen molar-refractivity contribution in [1.29, 1.82) is 0 Å². The highest BCUT2D eigenvalue weighted by molar-refractivity contribution is 7.89. The highest BCUT2D eigenvalue weighted by Gasteiger charge is 2.14. The van der Waals surface area contributed by atoms with E-state index >= 15 is 0 Å². The number of halogens is 1. The van der Waals surface area contributed by atoms with Gasteiger partial charge < -0.3 is 5.32 Å². The first kappa shape index (κ1) is 18.0. The van der Waals surface area contributed by atoms with E-state index in [1.807, 2.05) is 12.1 Å². The maximum Gasteiger partial charge on any atom is 0.251 e. The topological polar surface area (TPSA) is 75.3 Å². The third-order valence-corrected chi connectivity index (χ3v) is 4.83. The van der Waals surface area contributed by atoms with Crippen molar-refractivity contribution >= 4 is 27.5 Å². The Hall–Kier alpha value is -2.33. The molecule has 0 aliphatic carbocycles. The van der Waals surface area contributed by atoms with Crippen LogP contribution in [0.15, 0.2) is 53.4 Å². The van der Waals surface area contributed by atoms with Crippen molar-refractivity contribution in [2.75, 3.05) is 6.54 Å². The number of rotatable bonds is 6. The molecule has 0 heterocycles. The van der Waals surface area contributed by atoms with Gasteiger partial charge in [-0.2, -0.15) is 4.72 Å². The van der Waals surface area contributed by atoms with Gasteiger partial charge in [-0.05, 0) is 42.0 Å². The molecule has 0 saturated carbocycles. The van der Waals surface area contributed by atoms with Gasteiger partial charge in [0.15, 0.2) is 0 Å². The van der Waals surface area contributed by atoms with Crippen LogP contribution in [0.2, 0.25) is 5.02 Å². The van der Waals surface area contributed by atoms with Gasteiger partial charge in [0.25, 0.3) is 5.91 Å². The summed E-state index contributed by atoms with van der Waals surface area (Å²) in [6, 6.07) is 12.7. The van der Waals surface area contributed by atoms with Crippen LogP contribution in [0.1, 0.15) is 15.9 Å². The summed E-state index contributed by atoms with van der Waals surface area (Å²) in [5.74, 6) is 1.90. The molecule has 0 radical (unpaired) electrons. The Morgan fingerprint density at radius 2 is 1.71 bits per heavy atom. The van der Waals surface area contributed by atoms with E-state index in [9.17, 15) is 13.2 Å². The molecule has 2 aromatic carbocycles. The second-order valence-corrected chi connectivity index (χ2v) is 7.07. The summed E-state index contributed by atoms with van der Waals surface area (Å²) < 4.78 is 26.0. The number of carbonyl (C=O) groups excluding carboxylic acids is 1. The van der Waals surface area contributed by atoms with Crippen molar-refractivity contribution in [2.24, 2.45) is 0 Å². The Labute approximate surface area is 146 Å². The Bertz CT molecular complexity index is 854. The van der Waals surface area contributed by atoms with Crippen LogP contribution in [0, 0.1) is 12.3 Å². The number of benzene rings is 2. The molecule has 2 rings (SSSR count). The van der Waals surface area contributed by atoms with Crippen LogP contribution >= 0.6 is 11.6 Å². The van der Waals surface area contributed by atoms with E-state index in [-0.39, 0.29) is 17.3 Å². The highest BCUT2D eigenvalue weighted by atomic mass is 35.5. The van der Waals surface area contributed by atoms with Crippen LogP contribution in [0.5, 0.6) is 0 Å². The van der Waals surface area contributed by atoms with Crippen molar-refractivity contribution in [3.8, 4) is 12.3 Å². The SMILES string of the molecule is C#CCNS(=O)(=O)c1ccc(C(=O)NCc2ccc(Cl)cc2)cc1. The Morgan fingerprint density at radius 1 is 1.08 bits per heavy atom. The number of hydrogen-bond acceptors (Lipinski definition) is 3. The standard InChI is InChI=1S/C17H15ClN2O3S/c1-2-11-20-24(22,23)16-9-5-14(6-10-16)17(21)19-12-13-3-7-15(18)8-4-13/h1,3-10,20H,11-12H2,(H,19,21). The lowest BCUT2D eigenvalue weighted by Crippen LogP contribution is -2.25. The molecule has 2 N–H and O–H groups in total. The quantitative estimate of drug-likeness (QED) is 0.773. The average Bonchev–Trinajstić information content (AvgIpc) is 2.59. The maximum atomic E-state index is 12.1. The molecule has 2 aromatic rings. The van der Waals surface area contributed by atoms with Crippen LogP contribution in [0.4, 0.5) is 0 Å². The summed E-state index contributed by atoms with van der Waals surface area (Å²) in [4.78, 5) is 12.1. The van der Waals surface area contributed by atoms with Crippen molar-refractivity contribution in [3.05, 3.63) is 64.7 Å². The predicted molar refractivity (Wildman–Crippen MR) is 93.1 cm³/mol. The minimum absolute atomic E-state index is 0.0481. The molecule has 7 heteroatoms. The van der Waals surface area contributed by atoms with Gasteiger partial charge in [0, 0.05) is 17.1 Å². The smallest absolute Gasteiger partial charge is 0.251 e. The molecule has 0 aliphatic heterocycles. The number of terminal acetylenes is 1. The molecule has 5 nitrogen and oxygen atoms in total. The predicted octanol–water partition coefficient (Wildman–Crippen LogP) is 2.18. The van der Waals surface area contributed by atoms with E-state index in [1.54, 1.807) is 12.1 Å². The van der Waals surface area contributed by atoms with Crippen LogP contribution in [0.3, 0.4) is 0 Å². The van der Waals surface area contributed by atoms with Crippen LogP contribution < -0.4 is 10.0 Å². The fourth-order valence-electron chi connectivity index (χ4n) is 1.89. The number of nitrogens with one attached hydrogen (secondary N) is 2. The molecule has 124 valence electrons.